The number of hydrogen-bond acceptors (Lipinski definition) is 3. The van der Waals surface area contributed by atoms with Crippen LogP contribution in [0.15, 0.2) is 24.3 Å². The Labute approximate surface area is 94.4 Å². The highest BCUT2D eigenvalue weighted by Gasteiger charge is 2.61. The minimum atomic E-state index is -0.0864. The van der Waals surface area contributed by atoms with Gasteiger partial charge in [0.1, 0.15) is 5.75 Å². The average Bonchev–Trinajstić information content (AvgIpc) is 3.04. The van der Waals surface area contributed by atoms with Crippen LogP contribution >= 0.6 is 0 Å². The second-order valence-corrected chi connectivity index (χ2v) is 4.53. The molecule has 0 saturated heterocycles. The molecular formula is C13H14O3. The second kappa shape index (κ2) is 3.24. The number of carbonyl (C=O) groups is 1. The lowest BCUT2D eigenvalue weighted by atomic mass is 9.87. The molecule has 3 heteroatoms. The monoisotopic (exact) mass is 218 g/mol. The van der Waals surface area contributed by atoms with E-state index in [9.17, 15) is 4.79 Å². The number of methoxy groups -OCH3 is 1. The number of esters is 1. The summed E-state index contributed by atoms with van der Waals surface area (Å²) in [5.41, 5.74) is 1.18. The van der Waals surface area contributed by atoms with Gasteiger partial charge in [0.05, 0.1) is 19.6 Å². The maximum absolute atomic E-state index is 11.6. The smallest absolute Gasteiger partial charge is 0.309 e. The van der Waals surface area contributed by atoms with Crippen molar-refractivity contribution in [2.45, 2.75) is 18.3 Å². The third kappa shape index (κ3) is 1.17. The second-order valence-electron chi connectivity index (χ2n) is 4.53. The maximum atomic E-state index is 11.6. The van der Waals surface area contributed by atoms with E-state index in [0.717, 1.165) is 18.6 Å². The fourth-order valence-electron chi connectivity index (χ4n) is 2.81. The highest BCUT2D eigenvalue weighted by Crippen LogP contribution is 2.60. The molecular weight excluding hydrogens is 204 g/mol. The van der Waals surface area contributed by atoms with Gasteiger partial charge in [-0.1, -0.05) is 18.2 Å². The number of ether oxygens (including phenoxy) is 2. The zero-order valence-electron chi connectivity index (χ0n) is 9.23. The van der Waals surface area contributed by atoms with Gasteiger partial charge in [-0.25, -0.2) is 0 Å². The molecule has 2 atom stereocenters. The molecule has 3 rings (SSSR count). The Kier molecular flexibility index (Phi) is 1.96. The van der Waals surface area contributed by atoms with Crippen LogP contribution in [0.5, 0.6) is 5.75 Å². The Bertz CT molecular complexity index is 441. The van der Waals surface area contributed by atoms with Crippen LogP contribution in [0.3, 0.4) is 0 Å². The van der Waals surface area contributed by atoms with E-state index in [1.807, 2.05) is 18.2 Å². The molecule has 2 aliphatic rings. The molecule has 0 N–H and O–H groups in total. The molecule has 1 aliphatic carbocycles. The molecule has 1 aromatic carbocycles. The summed E-state index contributed by atoms with van der Waals surface area (Å²) < 4.78 is 10.4. The minimum Gasteiger partial charge on any atom is -0.493 e. The van der Waals surface area contributed by atoms with Gasteiger partial charge in [-0.15, -0.1) is 0 Å². The summed E-state index contributed by atoms with van der Waals surface area (Å²) >= 11 is 0. The topological polar surface area (TPSA) is 35.5 Å². The van der Waals surface area contributed by atoms with E-state index in [-0.39, 0.29) is 17.3 Å². The van der Waals surface area contributed by atoms with Crippen LogP contribution < -0.4 is 4.74 Å². The van der Waals surface area contributed by atoms with Gasteiger partial charge in [0, 0.05) is 11.0 Å². The fourth-order valence-corrected chi connectivity index (χ4v) is 2.81. The van der Waals surface area contributed by atoms with Crippen molar-refractivity contribution in [2.24, 2.45) is 5.92 Å². The molecule has 1 heterocycles. The van der Waals surface area contributed by atoms with E-state index in [2.05, 4.69) is 6.07 Å². The lowest BCUT2D eigenvalue weighted by Crippen LogP contribution is -2.24. The zero-order chi connectivity index (χ0) is 11.2. The minimum absolute atomic E-state index is 0.00192. The lowest BCUT2D eigenvalue weighted by molar-refractivity contribution is -0.142. The number of benzene rings is 1. The predicted octanol–water partition coefficient (Wildman–Crippen LogP) is 1.90. The van der Waals surface area contributed by atoms with Gasteiger partial charge < -0.3 is 9.47 Å². The quantitative estimate of drug-likeness (QED) is 0.675. The molecule has 84 valence electrons. The van der Waals surface area contributed by atoms with E-state index in [0.29, 0.717) is 6.61 Å². The van der Waals surface area contributed by atoms with E-state index in [1.54, 1.807) is 0 Å². The van der Waals surface area contributed by atoms with Gasteiger partial charge >= 0.3 is 5.97 Å². The molecule has 0 aromatic heterocycles. The van der Waals surface area contributed by atoms with E-state index in [4.69, 9.17) is 9.47 Å². The first-order valence-electron chi connectivity index (χ1n) is 5.58. The number of rotatable bonds is 1. The summed E-state index contributed by atoms with van der Waals surface area (Å²) in [5.74, 6) is 0.874. The van der Waals surface area contributed by atoms with Gasteiger partial charge in [-0.05, 0) is 18.9 Å². The van der Waals surface area contributed by atoms with Crippen LogP contribution in [0.25, 0.3) is 0 Å². The first kappa shape index (κ1) is 9.70. The standard InChI is InChI=1S/C13H14O3/c1-15-12(14)10-8-13(10)6-7-16-11-5-3-2-4-9(11)13/h2-5,10H,6-8H2,1H3/t10-,13?/m0/s1. The number of fused-ring (bicyclic) bond motifs is 2. The van der Waals surface area contributed by atoms with Gasteiger partial charge in [0.15, 0.2) is 0 Å². The summed E-state index contributed by atoms with van der Waals surface area (Å²) in [4.78, 5) is 11.6. The highest BCUT2D eigenvalue weighted by molar-refractivity contribution is 5.79. The van der Waals surface area contributed by atoms with Crippen molar-refractivity contribution in [2.75, 3.05) is 13.7 Å². The van der Waals surface area contributed by atoms with Gasteiger partial charge in [0.2, 0.25) is 0 Å². The Morgan fingerprint density at radius 3 is 3.12 bits per heavy atom. The molecule has 1 spiro atoms. The molecule has 1 unspecified atom stereocenters. The van der Waals surface area contributed by atoms with Crippen molar-refractivity contribution in [1.29, 1.82) is 0 Å². The Morgan fingerprint density at radius 1 is 1.50 bits per heavy atom. The van der Waals surface area contributed by atoms with Crippen LogP contribution in [0.1, 0.15) is 18.4 Å². The zero-order valence-corrected chi connectivity index (χ0v) is 9.23. The Hall–Kier alpha value is -1.51. The maximum Gasteiger partial charge on any atom is 0.309 e. The SMILES string of the molecule is COC(=O)[C@@H]1CC12CCOc1ccccc12. The Balaban J connectivity index is 1.98. The molecule has 1 aromatic rings. The normalized spacial score (nSPS) is 30.4. The summed E-state index contributed by atoms with van der Waals surface area (Å²) in [6.45, 7) is 0.699. The average molecular weight is 218 g/mol. The highest BCUT2D eigenvalue weighted by atomic mass is 16.5. The molecule has 1 aliphatic heterocycles. The fraction of sp³-hybridized carbons (Fsp3) is 0.462. The molecule has 0 amide bonds. The lowest BCUT2D eigenvalue weighted by Gasteiger charge is -2.26. The van der Waals surface area contributed by atoms with Crippen molar-refractivity contribution < 1.29 is 14.3 Å². The first-order chi connectivity index (χ1) is 7.78. The Morgan fingerprint density at radius 2 is 2.31 bits per heavy atom. The van der Waals surface area contributed by atoms with Gasteiger partial charge in [0.25, 0.3) is 0 Å². The molecule has 1 fully saturated rings. The van der Waals surface area contributed by atoms with Crippen molar-refractivity contribution in [1.82, 2.24) is 0 Å². The molecule has 3 nitrogen and oxygen atoms in total. The predicted molar refractivity (Wildman–Crippen MR) is 58.4 cm³/mol. The molecule has 1 saturated carbocycles. The third-order valence-electron chi connectivity index (χ3n) is 3.79. The van der Waals surface area contributed by atoms with Crippen molar-refractivity contribution in [3.05, 3.63) is 29.8 Å². The van der Waals surface area contributed by atoms with E-state index >= 15 is 0 Å². The largest absolute Gasteiger partial charge is 0.493 e. The molecule has 0 bridgehead atoms. The third-order valence-corrected chi connectivity index (χ3v) is 3.79. The van der Waals surface area contributed by atoms with Gasteiger partial charge in [-0.3, -0.25) is 4.79 Å². The summed E-state index contributed by atoms with van der Waals surface area (Å²) in [6, 6.07) is 8.01. The van der Waals surface area contributed by atoms with Crippen molar-refractivity contribution in [3.63, 3.8) is 0 Å². The number of hydrogen-bond donors (Lipinski definition) is 0. The first-order valence-corrected chi connectivity index (χ1v) is 5.58. The van der Waals surface area contributed by atoms with E-state index < -0.39 is 0 Å². The van der Waals surface area contributed by atoms with Gasteiger partial charge in [-0.2, -0.15) is 0 Å². The summed E-state index contributed by atoms with van der Waals surface area (Å²) in [6.07, 6.45) is 1.82. The van der Waals surface area contributed by atoms with Crippen LogP contribution in [0.2, 0.25) is 0 Å². The van der Waals surface area contributed by atoms with E-state index in [1.165, 1.54) is 12.7 Å². The van der Waals surface area contributed by atoms with Crippen LogP contribution in [0.4, 0.5) is 0 Å². The van der Waals surface area contributed by atoms with Crippen LogP contribution in [-0.2, 0) is 14.9 Å². The van der Waals surface area contributed by atoms with Crippen molar-refractivity contribution >= 4 is 5.97 Å². The summed E-state index contributed by atoms with van der Waals surface area (Å²) in [7, 11) is 1.46. The van der Waals surface area contributed by atoms with Crippen LogP contribution in [0, 0.1) is 5.92 Å². The van der Waals surface area contributed by atoms with Crippen LogP contribution in [-0.4, -0.2) is 19.7 Å². The summed E-state index contributed by atoms with van der Waals surface area (Å²) in [5, 5.41) is 0. The van der Waals surface area contributed by atoms with Crippen molar-refractivity contribution in [3.8, 4) is 5.75 Å². The number of carbonyl (C=O) groups excluding carboxylic acids is 1. The number of para-hydroxylation sites is 1. The molecule has 16 heavy (non-hydrogen) atoms. The molecule has 0 radical (unpaired) electrons.